The van der Waals surface area contributed by atoms with Crippen molar-refractivity contribution in [3.05, 3.63) is 41.7 Å². The predicted octanol–water partition coefficient (Wildman–Crippen LogP) is 1.99. The maximum Gasteiger partial charge on any atom is 0.273 e. The molecule has 2 rings (SSSR count). The first-order chi connectivity index (χ1) is 8.60. The van der Waals surface area contributed by atoms with Crippen LogP contribution in [0.5, 0.6) is 5.75 Å². The minimum atomic E-state index is -0.178. The van der Waals surface area contributed by atoms with Crippen molar-refractivity contribution in [1.29, 1.82) is 0 Å². The number of anilines is 1. The van der Waals surface area contributed by atoms with Crippen LogP contribution in [-0.4, -0.2) is 22.8 Å². The number of aryl methyl sites for hydroxylation is 2. The van der Waals surface area contributed by atoms with E-state index in [1.165, 1.54) is 0 Å². The fraction of sp³-hybridized carbons (Fsp3) is 0.231. The largest absolute Gasteiger partial charge is 0.497 e. The quantitative estimate of drug-likeness (QED) is 0.899. The molecule has 0 bridgehead atoms. The van der Waals surface area contributed by atoms with Crippen molar-refractivity contribution < 1.29 is 9.53 Å². The SMILES string of the molecule is COc1ccc(NC(=O)c2cc(C)nn2C)cc1. The number of carbonyl (C=O) groups excluding carboxylic acids is 1. The number of methoxy groups -OCH3 is 1. The summed E-state index contributed by atoms with van der Waals surface area (Å²) in [5.41, 5.74) is 2.07. The highest BCUT2D eigenvalue weighted by Gasteiger charge is 2.11. The number of amides is 1. The number of nitrogens with zero attached hydrogens (tertiary/aromatic N) is 2. The van der Waals surface area contributed by atoms with Crippen LogP contribution in [0.3, 0.4) is 0 Å². The molecule has 1 amide bonds. The highest BCUT2D eigenvalue weighted by molar-refractivity contribution is 6.03. The van der Waals surface area contributed by atoms with Crippen molar-refractivity contribution >= 4 is 11.6 Å². The monoisotopic (exact) mass is 245 g/mol. The molecule has 5 heteroatoms. The van der Waals surface area contributed by atoms with Gasteiger partial charge in [0, 0.05) is 12.7 Å². The van der Waals surface area contributed by atoms with Gasteiger partial charge in [-0.05, 0) is 37.3 Å². The van der Waals surface area contributed by atoms with Gasteiger partial charge in [-0.15, -0.1) is 0 Å². The van der Waals surface area contributed by atoms with Crippen LogP contribution in [-0.2, 0) is 7.05 Å². The Morgan fingerprint density at radius 2 is 2.00 bits per heavy atom. The third-order valence-corrected chi connectivity index (χ3v) is 2.58. The number of nitrogens with one attached hydrogen (secondary N) is 1. The number of aromatic nitrogens is 2. The first-order valence-corrected chi connectivity index (χ1v) is 5.56. The zero-order valence-corrected chi connectivity index (χ0v) is 10.6. The fourth-order valence-corrected chi connectivity index (χ4v) is 1.69. The lowest BCUT2D eigenvalue weighted by molar-refractivity contribution is 0.101. The zero-order valence-electron chi connectivity index (χ0n) is 10.6. The molecule has 0 saturated heterocycles. The first-order valence-electron chi connectivity index (χ1n) is 5.56. The molecular weight excluding hydrogens is 230 g/mol. The van der Waals surface area contributed by atoms with E-state index in [2.05, 4.69) is 10.4 Å². The summed E-state index contributed by atoms with van der Waals surface area (Å²) >= 11 is 0. The van der Waals surface area contributed by atoms with E-state index >= 15 is 0 Å². The van der Waals surface area contributed by atoms with Gasteiger partial charge in [-0.3, -0.25) is 9.48 Å². The number of ether oxygens (including phenoxy) is 1. The van der Waals surface area contributed by atoms with Gasteiger partial charge in [0.2, 0.25) is 0 Å². The second-order valence-corrected chi connectivity index (χ2v) is 3.98. The number of benzene rings is 1. The molecule has 0 spiro atoms. The Morgan fingerprint density at radius 1 is 1.33 bits per heavy atom. The van der Waals surface area contributed by atoms with Crippen molar-refractivity contribution in [3.63, 3.8) is 0 Å². The van der Waals surface area contributed by atoms with E-state index in [0.29, 0.717) is 5.69 Å². The fourth-order valence-electron chi connectivity index (χ4n) is 1.69. The van der Waals surface area contributed by atoms with E-state index in [-0.39, 0.29) is 5.91 Å². The molecule has 1 aromatic heterocycles. The summed E-state index contributed by atoms with van der Waals surface area (Å²) in [6.45, 7) is 1.85. The molecule has 0 fully saturated rings. The van der Waals surface area contributed by atoms with Gasteiger partial charge >= 0.3 is 0 Å². The van der Waals surface area contributed by atoms with Crippen molar-refractivity contribution in [2.45, 2.75) is 6.92 Å². The lowest BCUT2D eigenvalue weighted by Crippen LogP contribution is -2.15. The molecule has 0 radical (unpaired) electrons. The van der Waals surface area contributed by atoms with E-state index in [1.807, 2.05) is 6.92 Å². The summed E-state index contributed by atoms with van der Waals surface area (Å²) < 4.78 is 6.62. The van der Waals surface area contributed by atoms with Gasteiger partial charge in [-0.25, -0.2) is 0 Å². The van der Waals surface area contributed by atoms with Gasteiger partial charge in [0.05, 0.1) is 12.8 Å². The van der Waals surface area contributed by atoms with Gasteiger partial charge in [0.1, 0.15) is 11.4 Å². The molecule has 0 aliphatic heterocycles. The highest BCUT2D eigenvalue weighted by atomic mass is 16.5. The molecular formula is C13H15N3O2. The van der Waals surface area contributed by atoms with Crippen LogP contribution in [0.2, 0.25) is 0 Å². The molecule has 0 aliphatic carbocycles. The molecule has 0 saturated carbocycles. The summed E-state index contributed by atoms with van der Waals surface area (Å²) in [4.78, 5) is 12.0. The van der Waals surface area contributed by atoms with E-state index in [9.17, 15) is 4.79 Å². The highest BCUT2D eigenvalue weighted by Crippen LogP contribution is 2.16. The lowest BCUT2D eigenvalue weighted by atomic mass is 10.3. The first kappa shape index (κ1) is 12.2. The molecule has 0 aliphatic rings. The van der Waals surface area contributed by atoms with Gasteiger partial charge in [0.25, 0.3) is 5.91 Å². The van der Waals surface area contributed by atoms with Crippen LogP contribution in [0.25, 0.3) is 0 Å². The predicted molar refractivity (Wildman–Crippen MR) is 68.9 cm³/mol. The molecule has 0 atom stereocenters. The van der Waals surface area contributed by atoms with Crippen LogP contribution in [0, 0.1) is 6.92 Å². The molecule has 1 heterocycles. The summed E-state index contributed by atoms with van der Waals surface area (Å²) in [5.74, 6) is 0.577. The second kappa shape index (κ2) is 4.91. The van der Waals surface area contributed by atoms with Crippen molar-refractivity contribution in [1.82, 2.24) is 9.78 Å². The Morgan fingerprint density at radius 3 is 2.50 bits per heavy atom. The number of rotatable bonds is 3. The Balaban J connectivity index is 2.13. The number of hydrogen-bond acceptors (Lipinski definition) is 3. The van der Waals surface area contributed by atoms with Crippen molar-refractivity contribution in [2.75, 3.05) is 12.4 Å². The minimum absolute atomic E-state index is 0.178. The van der Waals surface area contributed by atoms with Gasteiger partial charge in [-0.1, -0.05) is 0 Å². The smallest absolute Gasteiger partial charge is 0.273 e. The zero-order chi connectivity index (χ0) is 13.1. The summed E-state index contributed by atoms with van der Waals surface area (Å²) in [7, 11) is 3.35. The maximum absolute atomic E-state index is 12.0. The van der Waals surface area contributed by atoms with Crippen LogP contribution in [0.1, 0.15) is 16.2 Å². The minimum Gasteiger partial charge on any atom is -0.497 e. The normalized spacial score (nSPS) is 10.2. The summed E-state index contributed by atoms with van der Waals surface area (Å²) in [6.07, 6.45) is 0. The third kappa shape index (κ3) is 2.51. The number of hydrogen-bond donors (Lipinski definition) is 1. The average Bonchev–Trinajstić information content (AvgIpc) is 2.69. The molecule has 94 valence electrons. The topological polar surface area (TPSA) is 56.1 Å². The number of carbonyl (C=O) groups is 1. The Hall–Kier alpha value is -2.30. The standard InChI is InChI=1S/C13H15N3O2/c1-9-8-12(16(2)15-9)13(17)14-10-4-6-11(18-3)7-5-10/h4-8H,1-3H3,(H,14,17). The van der Waals surface area contributed by atoms with Gasteiger partial charge in [-0.2, -0.15) is 5.10 Å². The summed E-state index contributed by atoms with van der Waals surface area (Å²) in [6, 6.07) is 8.92. The molecule has 1 aromatic carbocycles. The van der Waals surface area contributed by atoms with Crippen LogP contribution in [0.15, 0.2) is 30.3 Å². The van der Waals surface area contributed by atoms with Crippen molar-refractivity contribution in [3.8, 4) is 5.75 Å². The maximum atomic E-state index is 12.0. The van der Waals surface area contributed by atoms with E-state index < -0.39 is 0 Å². The third-order valence-electron chi connectivity index (χ3n) is 2.58. The Bertz CT molecular complexity index is 558. The lowest BCUT2D eigenvalue weighted by Gasteiger charge is -2.06. The van der Waals surface area contributed by atoms with Crippen LogP contribution in [0.4, 0.5) is 5.69 Å². The Kier molecular flexibility index (Phi) is 3.32. The van der Waals surface area contributed by atoms with Crippen LogP contribution >= 0.6 is 0 Å². The molecule has 1 N–H and O–H groups in total. The second-order valence-electron chi connectivity index (χ2n) is 3.98. The van der Waals surface area contributed by atoms with Crippen molar-refractivity contribution in [2.24, 2.45) is 7.05 Å². The average molecular weight is 245 g/mol. The Labute approximate surface area is 105 Å². The summed E-state index contributed by atoms with van der Waals surface area (Å²) in [5, 5.41) is 6.95. The molecule has 18 heavy (non-hydrogen) atoms. The van der Waals surface area contributed by atoms with E-state index in [0.717, 1.165) is 17.1 Å². The van der Waals surface area contributed by atoms with E-state index in [4.69, 9.17) is 4.74 Å². The van der Waals surface area contributed by atoms with Gasteiger partial charge < -0.3 is 10.1 Å². The molecule has 2 aromatic rings. The molecule has 0 unspecified atom stereocenters. The van der Waals surface area contributed by atoms with Gasteiger partial charge in [0.15, 0.2) is 0 Å². The molecule has 5 nitrogen and oxygen atoms in total. The van der Waals surface area contributed by atoms with E-state index in [1.54, 1.807) is 49.2 Å². The van der Waals surface area contributed by atoms with Crippen LogP contribution < -0.4 is 10.1 Å².